The Morgan fingerprint density at radius 2 is 2.04 bits per heavy atom. The first-order valence-electron chi connectivity index (χ1n) is 7.99. The number of carbonyl (C=O) groups is 1. The lowest BCUT2D eigenvalue weighted by Crippen LogP contribution is -2.27. The van der Waals surface area contributed by atoms with E-state index in [0.717, 1.165) is 8.25 Å². The molecular weight excluding hydrogens is 466 g/mol. The standard InChI is InChI=1S/C18H16FIN4O3/c1-18(2,3)27-17(25)24-15-7-6-14(23-26)16(11(15)9-21-24)22-13-5-4-10(20)8-12(13)19/h4-9,22H,1-3H3. The number of nitrogens with one attached hydrogen (secondary N) is 1. The molecule has 140 valence electrons. The third-order valence-corrected chi connectivity index (χ3v) is 4.26. The van der Waals surface area contributed by atoms with Gasteiger partial charge in [-0.2, -0.15) is 9.78 Å². The number of ether oxygens (including phenoxy) is 1. The van der Waals surface area contributed by atoms with Crippen LogP contribution in [0.5, 0.6) is 0 Å². The van der Waals surface area contributed by atoms with E-state index in [-0.39, 0.29) is 17.1 Å². The minimum absolute atomic E-state index is 0.0733. The van der Waals surface area contributed by atoms with Gasteiger partial charge in [-0.1, -0.05) is 0 Å². The molecule has 3 rings (SSSR count). The third-order valence-electron chi connectivity index (χ3n) is 3.59. The second kappa shape index (κ2) is 7.22. The summed E-state index contributed by atoms with van der Waals surface area (Å²) in [7, 11) is 0. The summed E-state index contributed by atoms with van der Waals surface area (Å²) in [6.45, 7) is 5.24. The molecule has 27 heavy (non-hydrogen) atoms. The van der Waals surface area contributed by atoms with Gasteiger partial charge in [0.25, 0.3) is 0 Å². The van der Waals surface area contributed by atoms with E-state index in [2.05, 4.69) is 15.6 Å². The molecule has 0 aliphatic carbocycles. The molecule has 0 bridgehead atoms. The van der Waals surface area contributed by atoms with Crippen LogP contribution in [-0.4, -0.2) is 21.5 Å². The maximum atomic E-state index is 14.2. The highest BCUT2D eigenvalue weighted by atomic mass is 127. The molecule has 0 aliphatic rings. The van der Waals surface area contributed by atoms with E-state index in [1.807, 2.05) is 22.6 Å². The van der Waals surface area contributed by atoms with Gasteiger partial charge in [0.2, 0.25) is 0 Å². The Morgan fingerprint density at radius 3 is 2.67 bits per heavy atom. The highest BCUT2D eigenvalue weighted by Crippen LogP contribution is 2.36. The molecule has 0 saturated heterocycles. The normalized spacial score (nSPS) is 11.4. The van der Waals surface area contributed by atoms with Crippen molar-refractivity contribution in [3.05, 3.63) is 50.8 Å². The summed E-state index contributed by atoms with van der Waals surface area (Å²) in [6, 6.07) is 7.62. The van der Waals surface area contributed by atoms with Gasteiger partial charge in [-0.3, -0.25) is 0 Å². The van der Waals surface area contributed by atoms with Crippen molar-refractivity contribution in [3.8, 4) is 0 Å². The Labute approximate surface area is 168 Å². The van der Waals surface area contributed by atoms with E-state index < -0.39 is 17.5 Å². The molecule has 0 atom stereocenters. The molecule has 0 amide bonds. The van der Waals surface area contributed by atoms with Crippen LogP contribution in [0.15, 0.2) is 41.7 Å². The van der Waals surface area contributed by atoms with Crippen LogP contribution in [-0.2, 0) is 4.74 Å². The van der Waals surface area contributed by atoms with Gasteiger partial charge in [0.15, 0.2) is 0 Å². The molecule has 3 aromatic rings. The molecule has 9 heteroatoms. The van der Waals surface area contributed by atoms with Crippen LogP contribution in [0, 0.1) is 14.3 Å². The van der Waals surface area contributed by atoms with Crippen LogP contribution in [0.4, 0.5) is 26.2 Å². The monoisotopic (exact) mass is 482 g/mol. The van der Waals surface area contributed by atoms with E-state index in [9.17, 15) is 14.1 Å². The zero-order valence-electron chi connectivity index (χ0n) is 14.8. The van der Waals surface area contributed by atoms with Gasteiger partial charge < -0.3 is 10.1 Å². The molecule has 0 unspecified atom stereocenters. The Morgan fingerprint density at radius 1 is 1.30 bits per heavy atom. The van der Waals surface area contributed by atoms with Crippen molar-refractivity contribution in [2.45, 2.75) is 26.4 Å². The summed E-state index contributed by atoms with van der Waals surface area (Å²) in [4.78, 5) is 23.6. The summed E-state index contributed by atoms with van der Waals surface area (Å²) < 4.78 is 21.4. The Bertz CT molecular complexity index is 1040. The number of hydrogen-bond donors (Lipinski definition) is 1. The summed E-state index contributed by atoms with van der Waals surface area (Å²) in [5.41, 5.74) is 0.231. The first-order valence-corrected chi connectivity index (χ1v) is 9.07. The second-order valence-electron chi connectivity index (χ2n) is 6.77. The number of carbonyl (C=O) groups excluding carboxylic acids is 1. The minimum Gasteiger partial charge on any atom is -0.442 e. The fraction of sp³-hybridized carbons (Fsp3) is 0.222. The maximum Gasteiger partial charge on any atom is 0.435 e. The molecule has 1 N–H and O–H groups in total. The first-order chi connectivity index (χ1) is 12.7. The first kappa shape index (κ1) is 19.2. The van der Waals surface area contributed by atoms with Crippen LogP contribution < -0.4 is 5.32 Å². The second-order valence-corrected chi connectivity index (χ2v) is 8.02. The van der Waals surface area contributed by atoms with Crippen molar-refractivity contribution in [1.82, 2.24) is 9.78 Å². The average molecular weight is 482 g/mol. The van der Waals surface area contributed by atoms with Crippen molar-refractivity contribution in [2.75, 3.05) is 5.32 Å². The molecule has 0 aliphatic heterocycles. The van der Waals surface area contributed by atoms with Crippen molar-refractivity contribution in [1.29, 1.82) is 0 Å². The van der Waals surface area contributed by atoms with Gasteiger partial charge in [-0.15, -0.1) is 4.91 Å². The lowest BCUT2D eigenvalue weighted by Gasteiger charge is -2.19. The smallest absolute Gasteiger partial charge is 0.435 e. The van der Waals surface area contributed by atoms with Gasteiger partial charge in [0, 0.05) is 8.96 Å². The topological polar surface area (TPSA) is 85.6 Å². The Balaban J connectivity index is 2.09. The number of aromatic nitrogens is 2. The SMILES string of the molecule is CC(C)(C)OC(=O)n1ncc2c(Nc3ccc(I)cc3F)c(N=O)ccc21. The molecule has 2 aromatic carbocycles. The van der Waals surface area contributed by atoms with Crippen LogP contribution >= 0.6 is 22.6 Å². The quantitative estimate of drug-likeness (QED) is 0.382. The van der Waals surface area contributed by atoms with E-state index in [0.29, 0.717) is 10.9 Å². The van der Waals surface area contributed by atoms with E-state index in [1.165, 1.54) is 18.3 Å². The number of anilines is 2. The third kappa shape index (κ3) is 4.07. The van der Waals surface area contributed by atoms with E-state index in [1.54, 1.807) is 39.0 Å². The predicted molar refractivity (Wildman–Crippen MR) is 109 cm³/mol. The van der Waals surface area contributed by atoms with Crippen molar-refractivity contribution in [3.63, 3.8) is 0 Å². The number of nitroso groups, excluding NO2 is 1. The lowest BCUT2D eigenvalue weighted by molar-refractivity contribution is 0.0523. The van der Waals surface area contributed by atoms with Gasteiger partial charge in [0.1, 0.15) is 17.1 Å². The van der Waals surface area contributed by atoms with Crippen LogP contribution in [0.3, 0.4) is 0 Å². The Kier molecular flexibility index (Phi) is 5.13. The molecule has 0 radical (unpaired) electrons. The van der Waals surface area contributed by atoms with Gasteiger partial charge in [0.05, 0.1) is 23.1 Å². The fourth-order valence-electron chi connectivity index (χ4n) is 2.47. The zero-order chi connectivity index (χ0) is 19.8. The number of fused-ring (bicyclic) bond motifs is 1. The fourth-order valence-corrected chi connectivity index (χ4v) is 2.93. The van der Waals surface area contributed by atoms with E-state index >= 15 is 0 Å². The number of halogens is 2. The molecule has 0 saturated carbocycles. The van der Waals surface area contributed by atoms with Crippen LogP contribution in [0.1, 0.15) is 20.8 Å². The Hall–Kier alpha value is -2.56. The number of rotatable bonds is 3. The molecule has 0 fully saturated rings. The van der Waals surface area contributed by atoms with Gasteiger partial charge in [-0.05, 0) is 78.9 Å². The lowest BCUT2D eigenvalue weighted by atomic mass is 10.1. The van der Waals surface area contributed by atoms with Crippen LogP contribution in [0.25, 0.3) is 10.9 Å². The molecule has 0 spiro atoms. The molecule has 7 nitrogen and oxygen atoms in total. The molecule has 1 aromatic heterocycles. The van der Waals surface area contributed by atoms with Gasteiger partial charge >= 0.3 is 6.09 Å². The van der Waals surface area contributed by atoms with E-state index in [4.69, 9.17) is 4.74 Å². The van der Waals surface area contributed by atoms with Crippen molar-refractivity contribution >= 4 is 56.6 Å². The highest BCUT2D eigenvalue weighted by molar-refractivity contribution is 14.1. The number of benzene rings is 2. The zero-order valence-corrected chi connectivity index (χ0v) is 16.9. The summed E-state index contributed by atoms with van der Waals surface area (Å²) in [5, 5.41) is 10.4. The van der Waals surface area contributed by atoms with Crippen molar-refractivity contribution in [2.24, 2.45) is 5.18 Å². The highest BCUT2D eigenvalue weighted by Gasteiger charge is 2.22. The maximum absolute atomic E-state index is 14.2. The summed E-state index contributed by atoms with van der Waals surface area (Å²) in [5.74, 6) is -0.477. The van der Waals surface area contributed by atoms with Gasteiger partial charge in [-0.25, -0.2) is 9.18 Å². The van der Waals surface area contributed by atoms with Crippen molar-refractivity contribution < 1.29 is 13.9 Å². The molecule has 1 heterocycles. The summed E-state index contributed by atoms with van der Waals surface area (Å²) in [6.07, 6.45) is 0.747. The minimum atomic E-state index is -0.689. The molecular formula is C18H16FIN4O3. The number of nitrogens with zero attached hydrogens (tertiary/aromatic N) is 3. The largest absolute Gasteiger partial charge is 0.442 e. The van der Waals surface area contributed by atoms with Crippen LogP contribution in [0.2, 0.25) is 0 Å². The average Bonchev–Trinajstić information content (AvgIpc) is 3.00. The predicted octanol–water partition coefficient (Wildman–Crippen LogP) is 5.70. The summed E-state index contributed by atoms with van der Waals surface area (Å²) >= 11 is 2.00. The number of hydrogen-bond acceptors (Lipinski definition) is 6.